The SMILES string of the molecule is CCN(C(=O)c1cncc(F)c1)c1cccc(N)c1. The topological polar surface area (TPSA) is 59.2 Å². The highest BCUT2D eigenvalue weighted by Crippen LogP contribution is 2.19. The molecule has 0 bridgehead atoms. The third kappa shape index (κ3) is 2.88. The van der Waals surface area contributed by atoms with Gasteiger partial charge < -0.3 is 10.6 Å². The Morgan fingerprint density at radius 3 is 2.79 bits per heavy atom. The van der Waals surface area contributed by atoms with Crippen LogP contribution in [-0.4, -0.2) is 17.4 Å². The van der Waals surface area contributed by atoms with Gasteiger partial charge in [-0.1, -0.05) is 6.07 Å². The highest BCUT2D eigenvalue weighted by Gasteiger charge is 2.17. The molecule has 0 atom stereocenters. The molecule has 19 heavy (non-hydrogen) atoms. The molecule has 1 aromatic carbocycles. The van der Waals surface area contributed by atoms with E-state index >= 15 is 0 Å². The lowest BCUT2D eigenvalue weighted by Crippen LogP contribution is -2.30. The molecule has 1 aromatic heterocycles. The Labute approximate surface area is 110 Å². The predicted molar refractivity (Wildman–Crippen MR) is 72.4 cm³/mol. The molecule has 2 rings (SSSR count). The molecule has 2 N–H and O–H groups in total. The lowest BCUT2D eigenvalue weighted by molar-refractivity contribution is 0.0987. The van der Waals surface area contributed by atoms with E-state index in [1.807, 2.05) is 6.92 Å². The molecule has 0 spiro atoms. The maximum absolute atomic E-state index is 13.1. The smallest absolute Gasteiger partial charge is 0.259 e. The van der Waals surface area contributed by atoms with Gasteiger partial charge in [-0.15, -0.1) is 0 Å². The van der Waals surface area contributed by atoms with Crippen molar-refractivity contribution in [2.24, 2.45) is 0 Å². The predicted octanol–water partition coefficient (Wildman–Crippen LogP) is 2.47. The first kappa shape index (κ1) is 13.0. The molecule has 1 heterocycles. The average molecular weight is 259 g/mol. The molecule has 98 valence electrons. The number of nitrogens with zero attached hydrogens (tertiary/aromatic N) is 2. The summed E-state index contributed by atoms with van der Waals surface area (Å²) in [6, 6.07) is 8.17. The van der Waals surface area contributed by atoms with Crippen LogP contribution in [0.15, 0.2) is 42.7 Å². The summed E-state index contributed by atoms with van der Waals surface area (Å²) in [6.45, 7) is 2.30. The maximum atomic E-state index is 13.1. The van der Waals surface area contributed by atoms with E-state index in [-0.39, 0.29) is 11.5 Å². The first-order chi connectivity index (χ1) is 9.11. The van der Waals surface area contributed by atoms with Crippen LogP contribution < -0.4 is 10.6 Å². The molecular weight excluding hydrogens is 245 g/mol. The van der Waals surface area contributed by atoms with Gasteiger partial charge in [0, 0.05) is 24.1 Å². The minimum absolute atomic E-state index is 0.212. The molecular formula is C14H14FN3O. The number of nitrogen functional groups attached to an aromatic ring is 1. The Kier molecular flexibility index (Phi) is 3.75. The van der Waals surface area contributed by atoms with E-state index in [9.17, 15) is 9.18 Å². The van der Waals surface area contributed by atoms with Crippen molar-refractivity contribution >= 4 is 17.3 Å². The summed E-state index contributed by atoms with van der Waals surface area (Å²) in [5, 5.41) is 0. The van der Waals surface area contributed by atoms with Crippen LogP contribution in [0.1, 0.15) is 17.3 Å². The van der Waals surface area contributed by atoms with E-state index in [4.69, 9.17) is 5.73 Å². The molecule has 2 aromatic rings. The largest absolute Gasteiger partial charge is 0.399 e. The third-order valence-corrected chi connectivity index (χ3v) is 2.70. The zero-order chi connectivity index (χ0) is 13.8. The Hall–Kier alpha value is -2.43. The van der Waals surface area contributed by atoms with Crippen molar-refractivity contribution < 1.29 is 9.18 Å². The van der Waals surface area contributed by atoms with Crippen LogP contribution in [0.25, 0.3) is 0 Å². The molecule has 0 saturated heterocycles. The van der Waals surface area contributed by atoms with E-state index in [0.717, 1.165) is 6.20 Å². The molecule has 0 unspecified atom stereocenters. The number of nitrogens with two attached hydrogens (primary N) is 1. The number of pyridine rings is 1. The van der Waals surface area contributed by atoms with E-state index in [0.29, 0.717) is 17.9 Å². The van der Waals surface area contributed by atoms with Gasteiger partial charge in [-0.3, -0.25) is 9.78 Å². The van der Waals surface area contributed by atoms with Gasteiger partial charge in [-0.05, 0) is 31.2 Å². The van der Waals surface area contributed by atoms with Crippen molar-refractivity contribution in [2.45, 2.75) is 6.92 Å². The van der Waals surface area contributed by atoms with Crippen LogP contribution in [0.3, 0.4) is 0 Å². The minimum Gasteiger partial charge on any atom is -0.399 e. The molecule has 0 fully saturated rings. The van der Waals surface area contributed by atoms with E-state index in [1.165, 1.54) is 17.2 Å². The van der Waals surface area contributed by atoms with Crippen molar-refractivity contribution in [1.82, 2.24) is 4.98 Å². The van der Waals surface area contributed by atoms with Gasteiger partial charge in [-0.2, -0.15) is 0 Å². The first-order valence-corrected chi connectivity index (χ1v) is 5.89. The molecule has 0 aliphatic heterocycles. The maximum Gasteiger partial charge on any atom is 0.259 e. The van der Waals surface area contributed by atoms with Crippen molar-refractivity contribution in [3.63, 3.8) is 0 Å². The zero-order valence-corrected chi connectivity index (χ0v) is 10.5. The van der Waals surface area contributed by atoms with Gasteiger partial charge in [0.15, 0.2) is 0 Å². The zero-order valence-electron chi connectivity index (χ0n) is 10.5. The fourth-order valence-electron chi connectivity index (χ4n) is 1.82. The van der Waals surface area contributed by atoms with Crippen LogP contribution in [-0.2, 0) is 0 Å². The van der Waals surface area contributed by atoms with Gasteiger partial charge in [-0.25, -0.2) is 4.39 Å². The quantitative estimate of drug-likeness (QED) is 0.861. The number of carbonyl (C=O) groups is 1. The van der Waals surface area contributed by atoms with Crippen molar-refractivity contribution in [1.29, 1.82) is 0 Å². The fraction of sp³-hybridized carbons (Fsp3) is 0.143. The van der Waals surface area contributed by atoms with Gasteiger partial charge in [0.2, 0.25) is 0 Å². The first-order valence-electron chi connectivity index (χ1n) is 5.89. The highest BCUT2D eigenvalue weighted by atomic mass is 19.1. The standard InChI is InChI=1S/C14H14FN3O/c1-2-18(13-5-3-4-12(16)7-13)14(19)10-6-11(15)9-17-8-10/h3-9H,2,16H2,1H3. The number of halogens is 1. The molecule has 0 aliphatic carbocycles. The summed E-state index contributed by atoms with van der Waals surface area (Å²) in [5.41, 5.74) is 7.16. The number of hydrogen-bond acceptors (Lipinski definition) is 3. The number of amides is 1. The summed E-state index contributed by atoms with van der Waals surface area (Å²) < 4.78 is 13.1. The normalized spacial score (nSPS) is 10.2. The van der Waals surface area contributed by atoms with E-state index in [2.05, 4.69) is 4.98 Å². The van der Waals surface area contributed by atoms with Crippen LogP contribution in [0.4, 0.5) is 15.8 Å². The van der Waals surface area contributed by atoms with Crippen LogP contribution in [0.2, 0.25) is 0 Å². The van der Waals surface area contributed by atoms with E-state index in [1.54, 1.807) is 24.3 Å². The van der Waals surface area contributed by atoms with Crippen molar-refractivity contribution in [2.75, 3.05) is 17.2 Å². The molecule has 0 saturated carbocycles. The summed E-state index contributed by atoms with van der Waals surface area (Å²) in [7, 11) is 0. The van der Waals surface area contributed by atoms with Crippen LogP contribution in [0, 0.1) is 5.82 Å². The second-order valence-corrected chi connectivity index (χ2v) is 4.04. The summed E-state index contributed by atoms with van der Waals surface area (Å²) in [4.78, 5) is 17.5. The van der Waals surface area contributed by atoms with Gasteiger partial charge in [0.25, 0.3) is 5.91 Å². The van der Waals surface area contributed by atoms with Crippen LogP contribution in [0.5, 0.6) is 0 Å². The van der Waals surface area contributed by atoms with Gasteiger partial charge >= 0.3 is 0 Å². The highest BCUT2D eigenvalue weighted by molar-refractivity contribution is 6.06. The Bertz CT molecular complexity index is 601. The van der Waals surface area contributed by atoms with E-state index < -0.39 is 5.82 Å². The molecule has 1 amide bonds. The average Bonchev–Trinajstić information content (AvgIpc) is 2.39. The second-order valence-electron chi connectivity index (χ2n) is 4.04. The number of benzene rings is 1. The lowest BCUT2D eigenvalue weighted by atomic mass is 10.2. The number of rotatable bonds is 3. The van der Waals surface area contributed by atoms with Gasteiger partial charge in [0.1, 0.15) is 5.82 Å². The van der Waals surface area contributed by atoms with Gasteiger partial charge in [0.05, 0.1) is 11.8 Å². The Morgan fingerprint density at radius 1 is 1.37 bits per heavy atom. The molecule has 0 radical (unpaired) electrons. The van der Waals surface area contributed by atoms with Crippen molar-refractivity contribution in [3.05, 3.63) is 54.1 Å². The third-order valence-electron chi connectivity index (χ3n) is 2.70. The molecule has 4 nitrogen and oxygen atoms in total. The number of aromatic nitrogens is 1. The second kappa shape index (κ2) is 5.48. The minimum atomic E-state index is -0.533. The Balaban J connectivity index is 2.34. The van der Waals surface area contributed by atoms with Crippen LogP contribution >= 0.6 is 0 Å². The summed E-state index contributed by atoms with van der Waals surface area (Å²) >= 11 is 0. The summed E-state index contributed by atoms with van der Waals surface area (Å²) in [5.74, 6) is -0.838. The fourth-order valence-corrected chi connectivity index (χ4v) is 1.82. The molecule has 0 aliphatic rings. The summed E-state index contributed by atoms with van der Waals surface area (Å²) in [6.07, 6.45) is 2.41. The Morgan fingerprint density at radius 2 is 2.16 bits per heavy atom. The molecule has 5 heteroatoms. The number of carbonyl (C=O) groups excluding carboxylic acids is 1. The van der Waals surface area contributed by atoms with Crippen molar-refractivity contribution in [3.8, 4) is 0 Å². The number of anilines is 2. The lowest BCUT2D eigenvalue weighted by Gasteiger charge is -2.21. The number of hydrogen-bond donors (Lipinski definition) is 1. The monoisotopic (exact) mass is 259 g/mol.